The first-order valence-electron chi connectivity index (χ1n) is 9.07. The van der Waals surface area contributed by atoms with Crippen LogP contribution in [0.4, 0.5) is 14.9 Å². The normalized spacial score (nSPS) is 19.2. The van der Waals surface area contributed by atoms with E-state index in [0.717, 1.165) is 38.1 Å². The second kappa shape index (κ2) is 9.16. The lowest BCUT2D eigenvalue weighted by molar-refractivity contribution is 0.129. The molecule has 3 rings (SSSR count). The molecule has 0 saturated heterocycles. The Balaban J connectivity index is 1.45. The summed E-state index contributed by atoms with van der Waals surface area (Å²) >= 11 is 0. The van der Waals surface area contributed by atoms with Crippen LogP contribution in [0.5, 0.6) is 11.8 Å². The van der Waals surface area contributed by atoms with Gasteiger partial charge in [0, 0.05) is 6.04 Å². The SMILES string of the molecule is CCOc1ccccc1NC(=O)NC1CCC(Oc2ncc(F)cn2)CC1. The molecular weight excluding hydrogens is 351 g/mol. The minimum Gasteiger partial charge on any atom is -0.492 e. The van der Waals surface area contributed by atoms with E-state index >= 15 is 0 Å². The number of para-hydroxylation sites is 2. The van der Waals surface area contributed by atoms with Crippen molar-refractivity contribution >= 4 is 11.7 Å². The van der Waals surface area contributed by atoms with Crippen molar-refractivity contribution in [3.63, 3.8) is 0 Å². The lowest BCUT2D eigenvalue weighted by atomic mass is 9.93. The summed E-state index contributed by atoms with van der Waals surface area (Å²) in [5.74, 6) is 0.152. The van der Waals surface area contributed by atoms with Crippen LogP contribution >= 0.6 is 0 Å². The number of hydrogen-bond acceptors (Lipinski definition) is 5. The molecule has 2 N–H and O–H groups in total. The summed E-state index contributed by atoms with van der Waals surface area (Å²) in [6, 6.07) is 7.32. The van der Waals surface area contributed by atoms with Gasteiger partial charge in [0.05, 0.1) is 24.7 Å². The second-order valence-corrected chi connectivity index (χ2v) is 6.30. The highest BCUT2D eigenvalue weighted by Gasteiger charge is 2.24. The number of halogens is 1. The number of carbonyl (C=O) groups is 1. The van der Waals surface area contributed by atoms with Gasteiger partial charge in [0.25, 0.3) is 0 Å². The largest absolute Gasteiger partial charge is 0.492 e. The first-order chi connectivity index (χ1) is 13.1. The molecule has 1 aromatic heterocycles. The third-order valence-electron chi connectivity index (χ3n) is 4.31. The molecule has 2 amide bonds. The molecule has 0 radical (unpaired) electrons. The number of nitrogens with zero attached hydrogens (tertiary/aromatic N) is 2. The van der Waals surface area contributed by atoms with Crippen molar-refractivity contribution in [2.24, 2.45) is 0 Å². The summed E-state index contributed by atoms with van der Waals surface area (Å²) in [5.41, 5.74) is 0.641. The molecule has 0 unspecified atom stereocenters. The van der Waals surface area contributed by atoms with Crippen LogP contribution in [0.2, 0.25) is 0 Å². The van der Waals surface area contributed by atoms with Crippen molar-refractivity contribution in [3.8, 4) is 11.8 Å². The third kappa shape index (κ3) is 5.54. The van der Waals surface area contributed by atoms with Crippen molar-refractivity contribution in [2.75, 3.05) is 11.9 Å². The molecule has 7 nitrogen and oxygen atoms in total. The monoisotopic (exact) mass is 374 g/mol. The van der Waals surface area contributed by atoms with Gasteiger partial charge >= 0.3 is 12.0 Å². The summed E-state index contributed by atoms with van der Waals surface area (Å²) in [6.45, 7) is 2.43. The van der Waals surface area contributed by atoms with Crippen molar-refractivity contribution in [2.45, 2.75) is 44.8 Å². The summed E-state index contributed by atoms with van der Waals surface area (Å²) in [5, 5.41) is 5.82. The maximum absolute atomic E-state index is 12.8. The fourth-order valence-electron chi connectivity index (χ4n) is 3.03. The molecule has 1 saturated carbocycles. The van der Waals surface area contributed by atoms with E-state index in [9.17, 15) is 9.18 Å². The van der Waals surface area contributed by atoms with Gasteiger partial charge in [0.2, 0.25) is 0 Å². The van der Waals surface area contributed by atoms with E-state index in [4.69, 9.17) is 9.47 Å². The lowest BCUT2D eigenvalue weighted by Crippen LogP contribution is -2.41. The molecule has 27 heavy (non-hydrogen) atoms. The molecule has 1 fully saturated rings. The zero-order chi connectivity index (χ0) is 19.1. The number of ether oxygens (including phenoxy) is 2. The highest BCUT2D eigenvalue weighted by Crippen LogP contribution is 2.25. The van der Waals surface area contributed by atoms with Gasteiger partial charge in [-0.15, -0.1) is 0 Å². The topological polar surface area (TPSA) is 85.4 Å². The van der Waals surface area contributed by atoms with Crippen molar-refractivity contribution in [3.05, 3.63) is 42.5 Å². The van der Waals surface area contributed by atoms with Crippen LogP contribution in [-0.2, 0) is 0 Å². The number of hydrogen-bond donors (Lipinski definition) is 2. The molecule has 0 spiro atoms. The molecule has 0 atom stereocenters. The van der Waals surface area contributed by atoms with E-state index in [1.807, 2.05) is 25.1 Å². The fourth-order valence-corrected chi connectivity index (χ4v) is 3.03. The zero-order valence-corrected chi connectivity index (χ0v) is 15.2. The minimum atomic E-state index is -0.493. The van der Waals surface area contributed by atoms with Crippen LogP contribution in [-0.4, -0.2) is 34.8 Å². The second-order valence-electron chi connectivity index (χ2n) is 6.30. The van der Waals surface area contributed by atoms with Gasteiger partial charge in [-0.1, -0.05) is 12.1 Å². The van der Waals surface area contributed by atoms with E-state index in [1.54, 1.807) is 6.07 Å². The number of urea groups is 1. The Kier molecular flexibility index (Phi) is 6.40. The van der Waals surface area contributed by atoms with Gasteiger partial charge in [-0.25, -0.2) is 19.2 Å². The van der Waals surface area contributed by atoms with E-state index in [2.05, 4.69) is 20.6 Å². The van der Waals surface area contributed by atoms with E-state index < -0.39 is 5.82 Å². The average Bonchev–Trinajstić information content (AvgIpc) is 2.67. The molecule has 8 heteroatoms. The third-order valence-corrected chi connectivity index (χ3v) is 4.31. The molecule has 0 bridgehead atoms. The molecule has 1 aliphatic carbocycles. The standard InChI is InChI=1S/C19H23FN4O3/c1-2-26-17-6-4-3-5-16(17)24-18(25)23-14-7-9-15(10-8-14)27-19-21-11-13(20)12-22-19/h3-6,11-12,14-15H,2,7-10H2,1H3,(H2,23,24,25). The van der Waals surface area contributed by atoms with Crippen LogP contribution in [0.25, 0.3) is 0 Å². The van der Waals surface area contributed by atoms with Crippen molar-refractivity contribution < 1.29 is 18.7 Å². The first-order valence-corrected chi connectivity index (χ1v) is 9.07. The summed E-state index contributed by atoms with van der Waals surface area (Å²) in [4.78, 5) is 19.9. The van der Waals surface area contributed by atoms with Crippen LogP contribution in [0, 0.1) is 5.82 Å². The Bertz CT molecular complexity index is 749. The Morgan fingerprint density at radius 2 is 1.89 bits per heavy atom. The van der Waals surface area contributed by atoms with Crippen LogP contribution in [0.15, 0.2) is 36.7 Å². The fraction of sp³-hybridized carbons (Fsp3) is 0.421. The maximum Gasteiger partial charge on any atom is 0.319 e. The number of benzene rings is 1. The Labute approximate surface area is 157 Å². The molecule has 2 aromatic rings. The van der Waals surface area contributed by atoms with Gasteiger partial charge in [0.1, 0.15) is 11.9 Å². The van der Waals surface area contributed by atoms with Gasteiger partial charge < -0.3 is 20.1 Å². The number of aromatic nitrogens is 2. The molecule has 1 aromatic carbocycles. The van der Waals surface area contributed by atoms with Gasteiger partial charge in [-0.05, 0) is 44.7 Å². The van der Waals surface area contributed by atoms with Crippen LogP contribution in [0.1, 0.15) is 32.6 Å². The maximum atomic E-state index is 12.8. The van der Waals surface area contributed by atoms with Crippen molar-refractivity contribution in [1.82, 2.24) is 15.3 Å². The summed E-state index contributed by atoms with van der Waals surface area (Å²) in [6.07, 6.45) is 5.23. The Morgan fingerprint density at radius 1 is 1.19 bits per heavy atom. The Morgan fingerprint density at radius 3 is 2.59 bits per heavy atom. The number of carbonyl (C=O) groups excluding carboxylic acids is 1. The number of amides is 2. The van der Waals surface area contributed by atoms with Crippen LogP contribution < -0.4 is 20.1 Å². The minimum absolute atomic E-state index is 0.0322. The van der Waals surface area contributed by atoms with Gasteiger partial charge in [-0.3, -0.25) is 0 Å². The van der Waals surface area contributed by atoms with Crippen LogP contribution in [0.3, 0.4) is 0 Å². The Hall–Kier alpha value is -2.90. The molecule has 1 heterocycles. The van der Waals surface area contributed by atoms with Gasteiger partial charge in [0.15, 0.2) is 5.82 Å². The molecule has 1 aliphatic rings. The number of anilines is 1. The number of rotatable bonds is 6. The highest BCUT2D eigenvalue weighted by atomic mass is 19.1. The first kappa shape index (κ1) is 18.9. The van der Waals surface area contributed by atoms with E-state index in [1.165, 1.54) is 0 Å². The van der Waals surface area contributed by atoms with Crippen molar-refractivity contribution in [1.29, 1.82) is 0 Å². The molecular formula is C19H23FN4O3. The summed E-state index contributed by atoms with van der Waals surface area (Å²) < 4.78 is 24.0. The van der Waals surface area contributed by atoms with E-state index in [0.29, 0.717) is 18.0 Å². The predicted octanol–water partition coefficient (Wildman–Crippen LogP) is 3.53. The quantitative estimate of drug-likeness (QED) is 0.808. The highest BCUT2D eigenvalue weighted by molar-refractivity contribution is 5.91. The molecule has 0 aliphatic heterocycles. The number of nitrogens with one attached hydrogen (secondary N) is 2. The zero-order valence-electron chi connectivity index (χ0n) is 15.2. The summed E-state index contributed by atoms with van der Waals surface area (Å²) in [7, 11) is 0. The lowest BCUT2D eigenvalue weighted by Gasteiger charge is -2.28. The predicted molar refractivity (Wildman–Crippen MR) is 98.4 cm³/mol. The molecule has 144 valence electrons. The smallest absolute Gasteiger partial charge is 0.319 e. The van der Waals surface area contributed by atoms with Gasteiger partial charge in [-0.2, -0.15) is 0 Å². The van der Waals surface area contributed by atoms with E-state index in [-0.39, 0.29) is 24.2 Å². The average molecular weight is 374 g/mol.